The molecular formula is C31H53ClN2O5S. The molecule has 3 aliphatic carbocycles. The highest BCUT2D eigenvalue weighted by Crippen LogP contribution is 2.68. The minimum atomic E-state index is -0.679. The zero-order chi connectivity index (χ0) is 29.6. The third kappa shape index (κ3) is 6.30. The Balaban J connectivity index is 0.00000560. The minimum Gasteiger partial charge on any atom is -1.00 e. The van der Waals surface area contributed by atoms with Crippen molar-refractivity contribution < 1.29 is 42.4 Å². The molecule has 1 amide bonds. The van der Waals surface area contributed by atoms with Crippen LogP contribution in [0.15, 0.2) is 12.7 Å². The molecule has 0 aliphatic heterocycles. The number of aliphatic hydroxyl groups is 1. The Labute approximate surface area is 252 Å². The van der Waals surface area contributed by atoms with E-state index >= 15 is 0 Å². The fourth-order valence-corrected chi connectivity index (χ4v) is 8.48. The van der Waals surface area contributed by atoms with Crippen LogP contribution in [-0.2, 0) is 19.1 Å². The summed E-state index contributed by atoms with van der Waals surface area (Å²) in [5.74, 6) is 0.0290. The lowest BCUT2D eigenvalue weighted by molar-refractivity contribution is -0.414. The van der Waals surface area contributed by atoms with Gasteiger partial charge in [-0.2, -0.15) is 0 Å². The average molecular weight is 601 g/mol. The van der Waals surface area contributed by atoms with Gasteiger partial charge in [-0.1, -0.05) is 47.6 Å². The first-order chi connectivity index (χ1) is 17.9. The SMILES string of the molecule is C=C[C@]1(C)C[C@@H](OC(=O)CSC(C)(C)CNC(=O)[C@@H]([NH3+])C(C)C)[C@]2(C)[C@H](C)CC[C@]3(CCC(=O)[C@H]32)[C@@H](C)[C@@H]1O.[Cl-]. The van der Waals surface area contributed by atoms with Gasteiger partial charge in [0.15, 0.2) is 6.04 Å². The lowest BCUT2D eigenvalue weighted by Crippen LogP contribution is -3.00. The van der Waals surface area contributed by atoms with Crippen molar-refractivity contribution in [3.05, 3.63) is 12.7 Å². The van der Waals surface area contributed by atoms with Gasteiger partial charge in [-0.15, -0.1) is 18.3 Å². The fourth-order valence-electron chi connectivity index (χ4n) is 7.73. The summed E-state index contributed by atoms with van der Waals surface area (Å²) in [5.41, 5.74) is 2.49. The number of hydrogen-bond donors (Lipinski definition) is 3. The van der Waals surface area contributed by atoms with Crippen molar-refractivity contribution in [2.24, 2.45) is 39.9 Å². The van der Waals surface area contributed by atoms with Crippen molar-refractivity contribution in [2.45, 2.75) is 110 Å². The van der Waals surface area contributed by atoms with Crippen LogP contribution in [0.1, 0.15) is 87.5 Å². The summed E-state index contributed by atoms with van der Waals surface area (Å²) < 4.78 is 5.96. The number of hydrogen-bond acceptors (Lipinski definition) is 6. The Morgan fingerprint density at radius 3 is 2.48 bits per heavy atom. The molecule has 40 heavy (non-hydrogen) atoms. The lowest BCUT2D eigenvalue weighted by Gasteiger charge is -2.61. The highest BCUT2D eigenvalue weighted by molar-refractivity contribution is 8.01. The number of esters is 1. The summed E-state index contributed by atoms with van der Waals surface area (Å²) in [6, 6.07) is -0.323. The summed E-state index contributed by atoms with van der Waals surface area (Å²) in [7, 11) is 0. The number of thioether (sulfide) groups is 1. The van der Waals surface area contributed by atoms with Gasteiger partial charge in [-0.25, -0.2) is 0 Å². The standard InChI is InChI=1S/C31H52N2O5S.ClH/c1-10-29(8)15-22(38-23(35)16-39-28(6,7)17-33-27(37)24(32)18(2)3)30(9)19(4)11-13-31(20(5)26(29)36)14-12-21(34)25(30)31;/h10,18-20,22,24-26,36H,1,11-17,32H2,2-9H3,(H,33,37);1H/t19-,20+,22-,24+,25+,26+,29-,30+,31+;/m1./s1. The van der Waals surface area contributed by atoms with E-state index in [1.807, 2.05) is 40.7 Å². The van der Waals surface area contributed by atoms with Crippen LogP contribution >= 0.6 is 11.8 Å². The maximum atomic E-state index is 13.5. The summed E-state index contributed by atoms with van der Waals surface area (Å²) >= 11 is 1.45. The van der Waals surface area contributed by atoms with Crippen LogP contribution in [0.2, 0.25) is 0 Å². The zero-order valence-electron chi connectivity index (χ0n) is 25.8. The molecule has 3 saturated carbocycles. The van der Waals surface area contributed by atoms with Gasteiger partial charge >= 0.3 is 5.97 Å². The van der Waals surface area contributed by atoms with Crippen LogP contribution in [0.3, 0.4) is 0 Å². The first-order valence-electron chi connectivity index (χ1n) is 14.7. The number of ether oxygens (including phenoxy) is 1. The minimum absolute atomic E-state index is 0. The van der Waals surface area contributed by atoms with Crippen molar-refractivity contribution in [2.75, 3.05) is 12.3 Å². The molecule has 9 atom stereocenters. The van der Waals surface area contributed by atoms with Crippen molar-refractivity contribution in [3.63, 3.8) is 0 Å². The molecule has 5 N–H and O–H groups in total. The fraction of sp³-hybridized carbons (Fsp3) is 0.839. The molecule has 2 bridgehead atoms. The Hall–Kier alpha value is -1.09. The average Bonchev–Trinajstić information content (AvgIpc) is 3.24. The molecule has 0 unspecified atom stereocenters. The third-order valence-electron chi connectivity index (χ3n) is 11.0. The molecule has 7 nitrogen and oxygen atoms in total. The van der Waals surface area contributed by atoms with Gasteiger partial charge in [0.25, 0.3) is 5.91 Å². The van der Waals surface area contributed by atoms with Crippen LogP contribution in [-0.4, -0.2) is 58.1 Å². The van der Waals surface area contributed by atoms with Gasteiger partial charge in [0.05, 0.1) is 11.9 Å². The van der Waals surface area contributed by atoms with Crippen molar-refractivity contribution in [3.8, 4) is 0 Å². The van der Waals surface area contributed by atoms with Crippen LogP contribution in [0, 0.1) is 39.9 Å². The molecule has 3 fully saturated rings. The van der Waals surface area contributed by atoms with Gasteiger partial charge in [-0.3, -0.25) is 14.4 Å². The second kappa shape index (κ2) is 12.6. The van der Waals surface area contributed by atoms with E-state index in [-0.39, 0.29) is 75.7 Å². The Bertz CT molecular complexity index is 975. The van der Waals surface area contributed by atoms with E-state index in [0.717, 1.165) is 19.3 Å². The summed E-state index contributed by atoms with van der Waals surface area (Å²) in [6.07, 6.45) is 4.22. The zero-order valence-corrected chi connectivity index (χ0v) is 27.4. The number of rotatable bonds is 9. The van der Waals surface area contributed by atoms with E-state index in [0.29, 0.717) is 19.4 Å². The summed E-state index contributed by atoms with van der Waals surface area (Å²) in [5, 5.41) is 14.6. The lowest BCUT2D eigenvalue weighted by atomic mass is 9.44. The number of carbonyl (C=O) groups excluding carboxylic acids is 3. The van der Waals surface area contributed by atoms with E-state index in [1.165, 1.54) is 11.8 Å². The molecule has 0 spiro atoms. The molecule has 0 saturated heterocycles. The molecule has 0 aromatic heterocycles. The predicted molar refractivity (Wildman–Crippen MR) is 156 cm³/mol. The normalized spacial score (nSPS) is 38.4. The molecule has 3 aliphatic rings. The van der Waals surface area contributed by atoms with Gasteiger partial charge < -0.3 is 33.3 Å². The molecule has 230 valence electrons. The number of amides is 1. The predicted octanol–water partition coefficient (Wildman–Crippen LogP) is 0.791. The van der Waals surface area contributed by atoms with E-state index in [4.69, 9.17) is 4.74 Å². The van der Waals surface area contributed by atoms with Gasteiger partial charge in [0.1, 0.15) is 11.9 Å². The number of quaternary nitrogens is 1. The summed E-state index contributed by atoms with van der Waals surface area (Å²) in [4.78, 5) is 39.3. The third-order valence-corrected chi connectivity index (χ3v) is 12.3. The van der Waals surface area contributed by atoms with Gasteiger partial charge in [0.2, 0.25) is 0 Å². The number of ketones is 1. The van der Waals surface area contributed by atoms with Gasteiger partial charge in [0, 0.05) is 40.4 Å². The summed E-state index contributed by atoms with van der Waals surface area (Å²) in [6.45, 7) is 20.9. The maximum Gasteiger partial charge on any atom is 0.316 e. The smallest absolute Gasteiger partial charge is 0.316 e. The molecule has 0 radical (unpaired) electrons. The van der Waals surface area contributed by atoms with Crippen molar-refractivity contribution in [1.29, 1.82) is 0 Å². The van der Waals surface area contributed by atoms with E-state index in [1.54, 1.807) is 0 Å². The highest BCUT2D eigenvalue weighted by atomic mass is 35.5. The molecule has 0 aromatic rings. The Morgan fingerprint density at radius 2 is 1.90 bits per heavy atom. The molecular weight excluding hydrogens is 548 g/mol. The van der Waals surface area contributed by atoms with Crippen LogP contribution in [0.4, 0.5) is 0 Å². The highest BCUT2D eigenvalue weighted by Gasteiger charge is 2.68. The topological polar surface area (TPSA) is 120 Å². The van der Waals surface area contributed by atoms with E-state index < -0.39 is 23.0 Å². The number of carbonyl (C=O) groups is 3. The number of halogens is 1. The van der Waals surface area contributed by atoms with Crippen molar-refractivity contribution >= 4 is 29.4 Å². The van der Waals surface area contributed by atoms with Crippen LogP contribution < -0.4 is 23.5 Å². The maximum absolute atomic E-state index is 13.5. The number of nitrogens with one attached hydrogen (secondary N) is 1. The van der Waals surface area contributed by atoms with E-state index in [9.17, 15) is 19.5 Å². The largest absolute Gasteiger partial charge is 1.00 e. The number of Topliss-reactive ketones (excluding diaryl/α,β-unsaturated/α-hetero) is 1. The van der Waals surface area contributed by atoms with Gasteiger partial charge in [-0.05, 0) is 56.8 Å². The molecule has 0 aromatic carbocycles. The van der Waals surface area contributed by atoms with E-state index in [2.05, 4.69) is 38.4 Å². The molecule has 9 heteroatoms. The first-order valence-corrected chi connectivity index (χ1v) is 15.7. The molecule has 0 heterocycles. The van der Waals surface area contributed by atoms with Crippen molar-refractivity contribution in [1.82, 2.24) is 5.32 Å². The Kier molecular flexibility index (Phi) is 11.1. The first kappa shape index (κ1) is 35.1. The van der Waals surface area contributed by atoms with Crippen LogP contribution in [0.5, 0.6) is 0 Å². The monoisotopic (exact) mass is 600 g/mol. The second-order valence-electron chi connectivity index (χ2n) is 14.2. The second-order valence-corrected chi connectivity index (χ2v) is 15.9. The Morgan fingerprint density at radius 1 is 1.27 bits per heavy atom. The number of aliphatic hydroxyl groups excluding tert-OH is 1. The molecule has 3 rings (SSSR count). The van der Waals surface area contributed by atoms with Crippen LogP contribution in [0.25, 0.3) is 0 Å². The quantitative estimate of drug-likeness (QED) is 0.266.